The Morgan fingerprint density at radius 1 is 1.36 bits per heavy atom. The normalized spacial score (nSPS) is 14.5. The summed E-state index contributed by atoms with van der Waals surface area (Å²) in [5.41, 5.74) is 7.85. The van der Waals surface area contributed by atoms with Crippen molar-refractivity contribution >= 4 is 29.2 Å². The van der Waals surface area contributed by atoms with Gasteiger partial charge in [-0.05, 0) is 6.07 Å². The number of hydrogen-bond donors (Lipinski definition) is 2. The second-order valence-corrected chi connectivity index (χ2v) is 6.53. The number of aromatic nitrogens is 2. The van der Waals surface area contributed by atoms with Crippen LogP contribution in [0.1, 0.15) is 23.7 Å². The second kappa shape index (κ2) is 7.79. The first-order valence-corrected chi connectivity index (χ1v) is 8.76. The van der Waals surface area contributed by atoms with E-state index in [1.807, 2.05) is 0 Å². The number of nitrogens with one attached hydrogen (secondary N) is 1. The molecule has 0 radical (unpaired) electrons. The van der Waals surface area contributed by atoms with Crippen molar-refractivity contribution in [2.24, 2.45) is 17.8 Å². The van der Waals surface area contributed by atoms with Gasteiger partial charge in [0.1, 0.15) is 11.6 Å². The van der Waals surface area contributed by atoms with Gasteiger partial charge in [-0.2, -0.15) is 5.10 Å². The van der Waals surface area contributed by atoms with Crippen LogP contribution in [-0.4, -0.2) is 40.4 Å². The number of nitrogens with two attached hydrogens (primary N) is 1. The van der Waals surface area contributed by atoms with Crippen LogP contribution in [0.3, 0.4) is 0 Å². The highest BCUT2D eigenvalue weighted by molar-refractivity contribution is 6.10. The monoisotopic (exact) mass is 388 g/mol. The third-order valence-electron chi connectivity index (χ3n) is 4.76. The quantitative estimate of drug-likeness (QED) is 0.787. The topological polar surface area (TPSA) is 88.5 Å². The van der Waals surface area contributed by atoms with Crippen LogP contribution in [0.25, 0.3) is 5.57 Å². The van der Waals surface area contributed by atoms with Gasteiger partial charge < -0.3 is 16.0 Å². The van der Waals surface area contributed by atoms with Crippen molar-refractivity contribution in [3.63, 3.8) is 0 Å². The molecule has 0 bridgehead atoms. The van der Waals surface area contributed by atoms with E-state index in [9.17, 15) is 13.6 Å². The van der Waals surface area contributed by atoms with Gasteiger partial charge in [0.05, 0.1) is 12.2 Å². The van der Waals surface area contributed by atoms with E-state index < -0.39 is 11.6 Å². The zero-order chi connectivity index (χ0) is 20.4. The summed E-state index contributed by atoms with van der Waals surface area (Å²) < 4.78 is 30.4. The van der Waals surface area contributed by atoms with Crippen LogP contribution in [-0.2, 0) is 24.8 Å². The highest BCUT2D eigenvalue weighted by atomic mass is 19.1. The van der Waals surface area contributed by atoms with Gasteiger partial charge in [0.15, 0.2) is 5.82 Å². The van der Waals surface area contributed by atoms with E-state index in [-0.39, 0.29) is 17.2 Å². The molecule has 0 saturated heterocycles. The summed E-state index contributed by atoms with van der Waals surface area (Å²) >= 11 is 0. The Hall–Kier alpha value is -3.23. The average Bonchev–Trinajstić information content (AvgIpc) is 2.97. The summed E-state index contributed by atoms with van der Waals surface area (Å²) in [6, 6.07) is 2.12. The van der Waals surface area contributed by atoms with E-state index in [0.717, 1.165) is 17.3 Å². The fraction of sp³-hybridized carbons (Fsp3) is 0.316. The molecule has 0 fully saturated rings. The van der Waals surface area contributed by atoms with E-state index in [2.05, 4.69) is 15.4 Å². The van der Waals surface area contributed by atoms with E-state index in [4.69, 9.17) is 5.73 Å². The Morgan fingerprint density at radius 2 is 2.11 bits per heavy atom. The van der Waals surface area contributed by atoms with E-state index in [1.165, 1.54) is 32.5 Å². The van der Waals surface area contributed by atoms with E-state index in [1.54, 1.807) is 16.6 Å². The Morgan fingerprint density at radius 3 is 2.75 bits per heavy atom. The van der Waals surface area contributed by atoms with Gasteiger partial charge in [-0.3, -0.25) is 14.5 Å². The predicted molar refractivity (Wildman–Crippen MR) is 104 cm³/mol. The maximum absolute atomic E-state index is 14.4. The Bertz CT molecular complexity index is 979. The van der Waals surface area contributed by atoms with Crippen molar-refractivity contribution in [2.45, 2.75) is 19.9 Å². The van der Waals surface area contributed by atoms with E-state index >= 15 is 0 Å². The molecule has 0 atom stereocenters. The first-order valence-electron chi connectivity index (χ1n) is 8.76. The fourth-order valence-corrected chi connectivity index (χ4v) is 3.30. The summed E-state index contributed by atoms with van der Waals surface area (Å²) in [6.45, 7) is 2.50. The van der Waals surface area contributed by atoms with Gasteiger partial charge in [0.2, 0.25) is 5.91 Å². The SMILES string of the molecule is CN=CC(=CN)c1cc(Nc2nn(C)c3c2CN(C(C)=O)CC3)c(F)cc1F. The van der Waals surface area contributed by atoms with Gasteiger partial charge in [0, 0.05) is 74.9 Å². The van der Waals surface area contributed by atoms with Crippen LogP contribution in [0, 0.1) is 11.6 Å². The highest BCUT2D eigenvalue weighted by Crippen LogP contribution is 2.31. The average molecular weight is 388 g/mol. The summed E-state index contributed by atoms with van der Waals surface area (Å²) in [4.78, 5) is 17.3. The minimum absolute atomic E-state index is 0.0349. The number of carbonyl (C=O) groups excluding carboxylic acids is 1. The summed E-state index contributed by atoms with van der Waals surface area (Å²) in [5.74, 6) is -1.11. The van der Waals surface area contributed by atoms with Gasteiger partial charge in [-0.15, -0.1) is 0 Å². The molecule has 0 unspecified atom stereocenters. The number of aliphatic imine (C=N–C) groups is 1. The van der Waals surface area contributed by atoms with Crippen molar-refractivity contribution in [1.82, 2.24) is 14.7 Å². The Labute approximate surface area is 161 Å². The molecular weight excluding hydrogens is 366 g/mol. The van der Waals surface area contributed by atoms with Gasteiger partial charge in [-0.1, -0.05) is 0 Å². The van der Waals surface area contributed by atoms with Gasteiger partial charge in [-0.25, -0.2) is 8.78 Å². The number of benzene rings is 1. The van der Waals surface area contributed by atoms with Crippen molar-refractivity contribution in [1.29, 1.82) is 0 Å². The largest absolute Gasteiger partial charge is 0.404 e. The molecule has 2 aromatic rings. The lowest BCUT2D eigenvalue weighted by Gasteiger charge is -2.26. The highest BCUT2D eigenvalue weighted by Gasteiger charge is 2.26. The molecule has 28 heavy (non-hydrogen) atoms. The number of halogens is 2. The fourth-order valence-electron chi connectivity index (χ4n) is 3.30. The molecular formula is C19H22F2N6O. The van der Waals surface area contributed by atoms with Gasteiger partial charge >= 0.3 is 0 Å². The van der Waals surface area contributed by atoms with Gasteiger partial charge in [0.25, 0.3) is 0 Å². The summed E-state index contributed by atoms with van der Waals surface area (Å²) in [6.07, 6.45) is 3.26. The van der Waals surface area contributed by atoms with Crippen LogP contribution in [0.4, 0.5) is 20.3 Å². The van der Waals surface area contributed by atoms with Crippen molar-refractivity contribution in [2.75, 3.05) is 18.9 Å². The minimum Gasteiger partial charge on any atom is -0.404 e. The number of anilines is 2. The smallest absolute Gasteiger partial charge is 0.219 e. The van der Waals surface area contributed by atoms with Crippen LogP contribution < -0.4 is 11.1 Å². The molecule has 1 aliphatic heterocycles. The number of allylic oxidation sites excluding steroid dienone is 1. The number of aryl methyl sites for hydroxylation is 1. The molecule has 7 nitrogen and oxygen atoms in total. The maximum Gasteiger partial charge on any atom is 0.219 e. The summed E-state index contributed by atoms with van der Waals surface area (Å²) in [5, 5.41) is 7.36. The number of fused-ring (bicyclic) bond motifs is 1. The molecule has 1 aromatic carbocycles. The number of amides is 1. The van der Waals surface area contributed by atoms with Crippen LogP contribution in [0.2, 0.25) is 0 Å². The van der Waals surface area contributed by atoms with Crippen LogP contribution in [0.5, 0.6) is 0 Å². The zero-order valence-electron chi connectivity index (χ0n) is 16.0. The molecule has 0 aliphatic carbocycles. The predicted octanol–water partition coefficient (Wildman–Crippen LogP) is 2.35. The number of carbonyl (C=O) groups is 1. The molecule has 1 aliphatic rings. The lowest BCUT2D eigenvalue weighted by Crippen LogP contribution is -2.34. The molecule has 1 amide bonds. The molecule has 148 valence electrons. The second-order valence-electron chi connectivity index (χ2n) is 6.53. The molecule has 1 aromatic heterocycles. The Balaban J connectivity index is 2.00. The van der Waals surface area contributed by atoms with Crippen LogP contribution >= 0.6 is 0 Å². The number of rotatable bonds is 4. The van der Waals surface area contributed by atoms with E-state index in [0.29, 0.717) is 30.9 Å². The molecule has 3 N–H and O–H groups in total. The zero-order valence-corrected chi connectivity index (χ0v) is 16.0. The van der Waals surface area contributed by atoms with Crippen LogP contribution in [0.15, 0.2) is 23.3 Å². The number of nitrogens with zero attached hydrogens (tertiary/aromatic N) is 4. The van der Waals surface area contributed by atoms with Crippen molar-refractivity contribution in [3.8, 4) is 0 Å². The van der Waals surface area contributed by atoms with Crippen molar-refractivity contribution in [3.05, 3.63) is 46.8 Å². The third kappa shape index (κ3) is 3.60. The lowest BCUT2D eigenvalue weighted by molar-refractivity contribution is -0.129. The minimum atomic E-state index is -0.760. The first-order chi connectivity index (χ1) is 13.3. The molecule has 0 spiro atoms. The molecule has 2 heterocycles. The lowest BCUT2D eigenvalue weighted by atomic mass is 10.0. The molecule has 9 heteroatoms. The third-order valence-corrected chi connectivity index (χ3v) is 4.76. The Kier molecular flexibility index (Phi) is 5.43. The standard InChI is InChI=1S/C19H22F2N6O/c1-11(28)27-5-4-18-14(10-27)19(25-26(18)3)24-17-6-13(12(8-22)9-23-2)15(20)7-16(17)21/h6-9H,4-5,10,22H2,1-3H3,(H,24,25). The molecule has 3 rings (SSSR count). The van der Waals surface area contributed by atoms with Crippen molar-refractivity contribution < 1.29 is 13.6 Å². The maximum atomic E-state index is 14.4. The first kappa shape index (κ1) is 19.5. The number of hydrogen-bond acceptors (Lipinski definition) is 5. The summed E-state index contributed by atoms with van der Waals surface area (Å²) in [7, 11) is 3.33. The molecule has 0 saturated carbocycles.